The molecule has 0 saturated heterocycles. The van der Waals surface area contributed by atoms with Gasteiger partial charge in [-0.15, -0.1) is 0 Å². The Morgan fingerprint density at radius 2 is 2.00 bits per heavy atom. The molecule has 0 aliphatic carbocycles. The van der Waals surface area contributed by atoms with Crippen LogP contribution >= 0.6 is 0 Å². The molecule has 1 rings (SSSR count). The van der Waals surface area contributed by atoms with E-state index in [0.29, 0.717) is 11.6 Å². The third kappa shape index (κ3) is 2.03. The standard InChI is InChI=1S/C10H14FN/c1-7(2)9-4-5-12-10(6-9)8(3)11/h4-8H,1-3H3. The van der Waals surface area contributed by atoms with Gasteiger partial charge in [-0.1, -0.05) is 13.8 Å². The Balaban J connectivity index is 2.96. The summed E-state index contributed by atoms with van der Waals surface area (Å²) < 4.78 is 12.8. The van der Waals surface area contributed by atoms with Crippen molar-refractivity contribution in [3.05, 3.63) is 29.6 Å². The second-order valence-corrected chi connectivity index (χ2v) is 3.28. The van der Waals surface area contributed by atoms with Gasteiger partial charge < -0.3 is 0 Å². The van der Waals surface area contributed by atoms with Gasteiger partial charge in [-0.2, -0.15) is 0 Å². The highest BCUT2D eigenvalue weighted by Crippen LogP contribution is 2.19. The second kappa shape index (κ2) is 3.65. The van der Waals surface area contributed by atoms with Gasteiger partial charge in [0.2, 0.25) is 0 Å². The molecule has 0 N–H and O–H groups in total. The fourth-order valence-corrected chi connectivity index (χ4v) is 1.04. The number of rotatable bonds is 2. The highest BCUT2D eigenvalue weighted by Gasteiger charge is 2.06. The Morgan fingerprint density at radius 1 is 1.33 bits per heavy atom. The molecule has 0 amide bonds. The minimum absolute atomic E-state index is 0.436. The van der Waals surface area contributed by atoms with Gasteiger partial charge in [-0.05, 0) is 30.5 Å². The van der Waals surface area contributed by atoms with E-state index in [1.165, 1.54) is 6.92 Å². The summed E-state index contributed by atoms with van der Waals surface area (Å²) in [4.78, 5) is 3.95. The molecular formula is C10H14FN. The summed E-state index contributed by atoms with van der Waals surface area (Å²) in [6, 6.07) is 3.76. The van der Waals surface area contributed by atoms with E-state index in [9.17, 15) is 4.39 Å². The smallest absolute Gasteiger partial charge is 0.139 e. The molecule has 2 heteroatoms. The molecule has 1 nitrogen and oxygen atoms in total. The van der Waals surface area contributed by atoms with E-state index >= 15 is 0 Å². The molecule has 0 spiro atoms. The Hall–Kier alpha value is -0.920. The van der Waals surface area contributed by atoms with Gasteiger partial charge >= 0.3 is 0 Å². The molecule has 66 valence electrons. The van der Waals surface area contributed by atoms with Crippen LogP contribution in [0.4, 0.5) is 4.39 Å². The van der Waals surface area contributed by atoms with Crippen molar-refractivity contribution in [3.8, 4) is 0 Å². The van der Waals surface area contributed by atoms with Crippen molar-refractivity contribution in [2.45, 2.75) is 32.9 Å². The van der Waals surface area contributed by atoms with Crippen LogP contribution in [0, 0.1) is 0 Å². The van der Waals surface area contributed by atoms with Crippen molar-refractivity contribution in [1.82, 2.24) is 4.98 Å². The summed E-state index contributed by atoms with van der Waals surface area (Å²) in [7, 11) is 0. The minimum atomic E-state index is -0.969. The molecule has 0 bridgehead atoms. The molecule has 0 fully saturated rings. The molecule has 0 saturated carbocycles. The van der Waals surface area contributed by atoms with Crippen LogP contribution in [0.2, 0.25) is 0 Å². The molecule has 1 unspecified atom stereocenters. The van der Waals surface area contributed by atoms with Crippen molar-refractivity contribution in [3.63, 3.8) is 0 Å². The van der Waals surface area contributed by atoms with Crippen LogP contribution in [-0.4, -0.2) is 4.98 Å². The monoisotopic (exact) mass is 167 g/mol. The minimum Gasteiger partial charge on any atom is -0.258 e. The normalized spacial score (nSPS) is 13.4. The zero-order chi connectivity index (χ0) is 9.14. The number of alkyl halides is 1. The van der Waals surface area contributed by atoms with Crippen molar-refractivity contribution >= 4 is 0 Å². The van der Waals surface area contributed by atoms with E-state index in [0.717, 1.165) is 5.56 Å². The average Bonchev–Trinajstić information content (AvgIpc) is 2.04. The lowest BCUT2D eigenvalue weighted by molar-refractivity contribution is 0.365. The summed E-state index contributed by atoms with van der Waals surface area (Å²) in [5.74, 6) is 0.436. The number of nitrogens with zero attached hydrogens (tertiary/aromatic N) is 1. The maximum atomic E-state index is 12.8. The van der Waals surface area contributed by atoms with Crippen molar-refractivity contribution < 1.29 is 4.39 Å². The Morgan fingerprint density at radius 3 is 2.50 bits per heavy atom. The topological polar surface area (TPSA) is 12.9 Å². The van der Waals surface area contributed by atoms with Gasteiger partial charge in [0.25, 0.3) is 0 Å². The summed E-state index contributed by atoms with van der Waals surface area (Å²) in [5.41, 5.74) is 1.67. The molecule has 0 radical (unpaired) electrons. The number of pyridine rings is 1. The van der Waals surface area contributed by atoms with E-state index < -0.39 is 6.17 Å². The molecule has 1 aromatic rings. The molecule has 0 aliphatic heterocycles. The third-order valence-electron chi connectivity index (χ3n) is 1.88. The van der Waals surface area contributed by atoms with Crippen LogP contribution in [0.15, 0.2) is 18.3 Å². The summed E-state index contributed by atoms with van der Waals surface area (Å²) in [6.07, 6.45) is 0.699. The van der Waals surface area contributed by atoms with Gasteiger partial charge in [-0.25, -0.2) is 4.39 Å². The van der Waals surface area contributed by atoms with Gasteiger partial charge in [-0.3, -0.25) is 4.98 Å². The van der Waals surface area contributed by atoms with E-state index in [-0.39, 0.29) is 0 Å². The molecule has 1 atom stereocenters. The lowest BCUT2D eigenvalue weighted by Crippen LogP contribution is -1.94. The number of aromatic nitrogens is 1. The largest absolute Gasteiger partial charge is 0.258 e. The van der Waals surface area contributed by atoms with E-state index in [2.05, 4.69) is 18.8 Å². The predicted molar refractivity (Wildman–Crippen MR) is 47.8 cm³/mol. The highest BCUT2D eigenvalue weighted by molar-refractivity contribution is 5.20. The lowest BCUT2D eigenvalue weighted by atomic mass is 10.0. The molecular weight excluding hydrogens is 153 g/mol. The fourth-order valence-electron chi connectivity index (χ4n) is 1.04. The maximum absolute atomic E-state index is 12.8. The van der Waals surface area contributed by atoms with Crippen LogP contribution in [0.25, 0.3) is 0 Å². The van der Waals surface area contributed by atoms with Crippen molar-refractivity contribution in [2.75, 3.05) is 0 Å². The third-order valence-corrected chi connectivity index (χ3v) is 1.88. The van der Waals surface area contributed by atoms with Gasteiger partial charge in [0.15, 0.2) is 0 Å². The van der Waals surface area contributed by atoms with Gasteiger partial charge in [0.05, 0.1) is 5.69 Å². The van der Waals surface area contributed by atoms with E-state index in [4.69, 9.17) is 0 Å². The van der Waals surface area contributed by atoms with E-state index in [1.807, 2.05) is 12.1 Å². The van der Waals surface area contributed by atoms with Crippen LogP contribution in [0.1, 0.15) is 44.1 Å². The molecule has 0 aliphatic rings. The van der Waals surface area contributed by atoms with Gasteiger partial charge in [0, 0.05) is 6.20 Å². The first-order valence-electron chi connectivity index (χ1n) is 4.21. The highest BCUT2D eigenvalue weighted by atomic mass is 19.1. The quantitative estimate of drug-likeness (QED) is 0.659. The second-order valence-electron chi connectivity index (χ2n) is 3.28. The van der Waals surface area contributed by atoms with E-state index in [1.54, 1.807) is 6.20 Å². The average molecular weight is 167 g/mol. The van der Waals surface area contributed by atoms with Gasteiger partial charge in [0.1, 0.15) is 6.17 Å². The molecule has 1 heterocycles. The Labute approximate surface area is 72.6 Å². The Bertz CT molecular complexity index is 233. The maximum Gasteiger partial charge on any atom is 0.139 e. The summed E-state index contributed by atoms with van der Waals surface area (Å²) >= 11 is 0. The van der Waals surface area contributed by atoms with Crippen molar-refractivity contribution in [1.29, 1.82) is 0 Å². The van der Waals surface area contributed by atoms with Crippen molar-refractivity contribution in [2.24, 2.45) is 0 Å². The first-order chi connectivity index (χ1) is 5.61. The summed E-state index contributed by atoms with van der Waals surface area (Å²) in [5, 5.41) is 0. The Kier molecular flexibility index (Phi) is 2.79. The van der Waals surface area contributed by atoms with Crippen LogP contribution in [0.5, 0.6) is 0 Å². The first kappa shape index (κ1) is 9.17. The summed E-state index contributed by atoms with van der Waals surface area (Å²) in [6.45, 7) is 5.68. The molecule has 1 aromatic heterocycles. The first-order valence-corrected chi connectivity index (χ1v) is 4.21. The van der Waals surface area contributed by atoms with Crippen LogP contribution < -0.4 is 0 Å². The zero-order valence-corrected chi connectivity index (χ0v) is 7.71. The van der Waals surface area contributed by atoms with Crippen LogP contribution in [0.3, 0.4) is 0 Å². The number of hydrogen-bond donors (Lipinski definition) is 0. The molecule has 0 aromatic carbocycles. The predicted octanol–water partition coefficient (Wildman–Crippen LogP) is 3.24. The number of hydrogen-bond acceptors (Lipinski definition) is 1. The molecule has 12 heavy (non-hydrogen) atoms. The zero-order valence-electron chi connectivity index (χ0n) is 7.71. The van der Waals surface area contributed by atoms with Crippen LogP contribution in [-0.2, 0) is 0 Å². The lowest BCUT2D eigenvalue weighted by Gasteiger charge is -2.07. The fraction of sp³-hybridized carbons (Fsp3) is 0.500. The number of halogens is 1. The SMILES string of the molecule is CC(C)c1ccnc(C(C)F)c1.